The molecule has 0 bridgehead atoms. The van der Waals surface area contributed by atoms with Gasteiger partial charge in [-0.1, -0.05) is 6.92 Å². The van der Waals surface area contributed by atoms with Gasteiger partial charge in [0.2, 0.25) is 0 Å². The Morgan fingerprint density at radius 3 is 2.00 bits per heavy atom. The number of amides is 1. The molecular formula is C27H32N4O3. The lowest BCUT2D eigenvalue weighted by molar-refractivity contribution is -0.119. The third-order valence-corrected chi connectivity index (χ3v) is 6.30. The van der Waals surface area contributed by atoms with Crippen LogP contribution in [-0.4, -0.2) is 60.7 Å². The quantitative estimate of drug-likeness (QED) is 0.539. The maximum absolute atomic E-state index is 12.4. The summed E-state index contributed by atoms with van der Waals surface area (Å²) in [6, 6.07) is 19.1. The summed E-state index contributed by atoms with van der Waals surface area (Å²) in [4.78, 5) is 29.4. The predicted molar refractivity (Wildman–Crippen MR) is 135 cm³/mol. The molecular weight excluding hydrogens is 428 g/mol. The van der Waals surface area contributed by atoms with Crippen LogP contribution in [0.25, 0.3) is 5.69 Å². The van der Waals surface area contributed by atoms with Gasteiger partial charge >= 0.3 is 5.97 Å². The number of aromatic nitrogens is 1. The summed E-state index contributed by atoms with van der Waals surface area (Å²) in [5.74, 6) is -0.892. The van der Waals surface area contributed by atoms with Gasteiger partial charge in [0.1, 0.15) is 0 Å². The molecule has 0 unspecified atom stereocenters. The Bertz CT molecular complexity index is 1110. The number of hydrogen-bond donors (Lipinski definition) is 1. The van der Waals surface area contributed by atoms with Gasteiger partial charge < -0.3 is 24.4 Å². The highest BCUT2D eigenvalue weighted by atomic mass is 16.5. The maximum Gasteiger partial charge on any atom is 0.338 e. The van der Waals surface area contributed by atoms with E-state index >= 15 is 0 Å². The topological polar surface area (TPSA) is 66.8 Å². The first-order valence-electron chi connectivity index (χ1n) is 11.7. The minimum absolute atomic E-state index is 0.336. The van der Waals surface area contributed by atoms with Crippen molar-refractivity contribution in [3.8, 4) is 5.69 Å². The zero-order chi connectivity index (χ0) is 24.1. The lowest BCUT2D eigenvalue weighted by Gasteiger charge is -2.35. The van der Waals surface area contributed by atoms with E-state index in [0.29, 0.717) is 11.3 Å². The van der Waals surface area contributed by atoms with Gasteiger partial charge in [-0.3, -0.25) is 4.79 Å². The lowest BCUT2D eigenvalue weighted by Crippen LogP contribution is -2.46. The van der Waals surface area contributed by atoms with Crippen molar-refractivity contribution in [1.29, 1.82) is 0 Å². The van der Waals surface area contributed by atoms with Crippen LogP contribution in [0, 0.1) is 13.8 Å². The fourth-order valence-electron chi connectivity index (χ4n) is 4.31. The molecule has 1 N–H and O–H groups in total. The van der Waals surface area contributed by atoms with Gasteiger partial charge in [0.05, 0.1) is 5.56 Å². The second-order valence-electron chi connectivity index (χ2n) is 8.59. The number of aryl methyl sites for hydroxylation is 2. The van der Waals surface area contributed by atoms with E-state index in [1.165, 1.54) is 0 Å². The summed E-state index contributed by atoms with van der Waals surface area (Å²) in [6.07, 6.45) is 0. The Morgan fingerprint density at radius 1 is 0.824 bits per heavy atom. The lowest BCUT2D eigenvalue weighted by atomic mass is 10.2. The second kappa shape index (κ2) is 10.6. The van der Waals surface area contributed by atoms with Crippen molar-refractivity contribution in [2.45, 2.75) is 20.8 Å². The molecule has 1 aromatic heterocycles. The van der Waals surface area contributed by atoms with Crippen LogP contribution < -0.4 is 10.2 Å². The summed E-state index contributed by atoms with van der Waals surface area (Å²) in [7, 11) is 0. The summed E-state index contributed by atoms with van der Waals surface area (Å²) >= 11 is 0. The van der Waals surface area contributed by atoms with Gasteiger partial charge in [0.15, 0.2) is 6.61 Å². The van der Waals surface area contributed by atoms with Gasteiger partial charge in [-0.2, -0.15) is 0 Å². The van der Waals surface area contributed by atoms with E-state index in [1.807, 2.05) is 50.2 Å². The minimum atomic E-state index is -0.524. The van der Waals surface area contributed by atoms with E-state index < -0.39 is 5.97 Å². The number of nitrogens with zero attached hydrogens (tertiary/aromatic N) is 3. The van der Waals surface area contributed by atoms with E-state index in [1.54, 1.807) is 12.1 Å². The number of piperazine rings is 1. The molecule has 0 spiro atoms. The van der Waals surface area contributed by atoms with E-state index in [0.717, 1.165) is 55.5 Å². The first kappa shape index (κ1) is 23.6. The number of nitrogens with one attached hydrogen (secondary N) is 1. The number of ether oxygens (including phenoxy) is 1. The number of rotatable bonds is 7. The Balaban J connectivity index is 1.26. The summed E-state index contributed by atoms with van der Waals surface area (Å²) < 4.78 is 7.32. The maximum atomic E-state index is 12.4. The number of carbonyl (C=O) groups is 2. The Morgan fingerprint density at radius 2 is 1.41 bits per heavy atom. The van der Waals surface area contributed by atoms with Gasteiger partial charge in [0.25, 0.3) is 5.91 Å². The van der Waals surface area contributed by atoms with Crippen molar-refractivity contribution in [1.82, 2.24) is 9.47 Å². The van der Waals surface area contributed by atoms with Crippen LogP contribution in [-0.2, 0) is 9.53 Å². The molecule has 1 saturated heterocycles. The molecule has 7 nitrogen and oxygen atoms in total. The molecule has 1 aliphatic rings. The van der Waals surface area contributed by atoms with Crippen molar-refractivity contribution in [3.63, 3.8) is 0 Å². The number of benzene rings is 2. The van der Waals surface area contributed by atoms with Crippen LogP contribution in [0.15, 0.2) is 60.7 Å². The average molecular weight is 461 g/mol. The zero-order valence-corrected chi connectivity index (χ0v) is 20.1. The highest BCUT2D eigenvalue weighted by Gasteiger charge is 2.16. The normalized spacial score (nSPS) is 14.1. The Kier molecular flexibility index (Phi) is 7.33. The summed E-state index contributed by atoms with van der Waals surface area (Å²) in [5.41, 5.74) is 5.46. The Hall–Kier alpha value is -3.58. The SMILES string of the molecule is CCN1CCN(c2ccc(NC(=O)COC(=O)c3ccc(-n4c(C)ccc4C)cc3)cc2)CC1. The fourth-order valence-corrected chi connectivity index (χ4v) is 4.31. The van der Waals surface area contributed by atoms with Gasteiger partial charge in [-0.15, -0.1) is 0 Å². The van der Waals surface area contributed by atoms with E-state index in [4.69, 9.17) is 4.74 Å². The molecule has 178 valence electrons. The molecule has 4 rings (SSSR count). The second-order valence-corrected chi connectivity index (χ2v) is 8.59. The third kappa shape index (κ3) is 5.48. The molecule has 0 saturated carbocycles. The van der Waals surface area contributed by atoms with Crippen LogP contribution in [0.5, 0.6) is 0 Å². The van der Waals surface area contributed by atoms with Crippen molar-refractivity contribution in [3.05, 3.63) is 77.6 Å². The van der Waals surface area contributed by atoms with Crippen LogP contribution in [0.2, 0.25) is 0 Å². The monoisotopic (exact) mass is 460 g/mol. The number of anilines is 2. The first-order valence-corrected chi connectivity index (χ1v) is 11.7. The average Bonchev–Trinajstić information content (AvgIpc) is 3.21. The van der Waals surface area contributed by atoms with Crippen LogP contribution >= 0.6 is 0 Å². The van der Waals surface area contributed by atoms with Gasteiger partial charge in [0, 0.05) is 54.6 Å². The van der Waals surface area contributed by atoms with Crippen LogP contribution in [0.3, 0.4) is 0 Å². The minimum Gasteiger partial charge on any atom is -0.452 e. The van der Waals surface area contributed by atoms with Crippen LogP contribution in [0.4, 0.5) is 11.4 Å². The molecule has 34 heavy (non-hydrogen) atoms. The smallest absolute Gasteiger partial charge is 0.338 e. The zero-order valence-electron chi connectivity index (χ0n) is 20.1. The number of carbonyl (C=O) groups excluding carboxylic acids is 2. The third-order valence-electron chi connectivity index (χ3n) is 6.30. The van der Waals surface area contributed by atoms with Gasteiger partial charge in [-0.25, -0.2) is 4.79 Å². The highest BCUT2D eigenvalue weighted by Crippen LogP contribution is 2.20. The molecule has 1 fully saturated rings. The molecule has 1 aliphatic heterocycles. The van der Waals surface area contributed by atoms with E-state index in [-0.39, 0.29) is 12.5 Å². The summed E-state index contributed by atoms with van der Waals surface area (Å²) in [5, 5.41) is 2.79. The first-order chi connectivity index (χ1) is 16.4. The van der Waals surface area contributed by atoms with E-state index in [2.05, 4.69) is 38.7 Å². The molecule has 2 aromatic carbocycles. The van der Waals surface area contributed by atoms with Crippen molar-refractivity contribution < 1.29 is 14.3 Å². The number of esters is 1. The van der Waals surface area contributed by atoms with Crippen LogP contribution in [0.1, 0.15) is 28.7 Å². The van der Waals surface area contributed by atoms with Gasteiger partial charge in [-0.05, 0) is 81.1 Å². The molecule has 2 heterocycles. The summed E-state index contributed by atoms with van der Waals surface area (Å²) in [6.45, 7) is 11.1. The Labute approximate surface area is 200 Å². The molecule has 7 heteroatoms. The fraction of sp³-hybridized carbons (Fsp3) is 0.333. The molecule has 0 aliphatic carbocycles. The van der Waals surface area contributed by atoms with Crippen molar-refractivity contribution in [2.24, 2.45) is 0 Å². The molecule has 3 aromatic rings. The standard InChI is InChI=1S/C27H32N4O3/c1-4-29-15-17-30(18-16-29)24-13-9-23(10-14-24)28-26(32)19-34-27(33)22-7-11-25(12-8-22)31-20(2)5-6-21(31)3/h5-14H,4,15-19H2,1-3H3,(H,28,32). The highest BCUT2D eigenvalue weighted by molar-refractivity contribution is 5.95. The van der Waals surface area contributed by atoms with E-state index in [9.17, 15) is 9.59 Å². The molecule has 0 radical (unpaired) electrons. The molecule has 0 atom stereocenters. The number of likely N-dealkylation sites (N-methyl/N-ethyl adjacent to an activating group) is 1. The predicted octanol–water partition coefficient (Wildman–Crippen LogP) is 4.03. The van der Waals surface area contributed by atoms with Crippen molar-refractivity contribution >= 4 is 23.3 Å². The van der Waals surface area contributed by atoms with Crippen molar-refractivity contribution in [2.75, 3.05) is 49.5 Å². The largest absolute Gasteiger partial charge is 0.452 e. The molecule has 1 amide bonds. The number of hydrogen-bond acceptors (Lipinski definition) is 5.